The third-order valence-electron chi connectivity index (χ3n) is 4.79. The van der Waals surface area contributed by atoms with E-state index in [2.05, 4.69) is 24.4 Å². The Morgan fingerprint density at radius 2 is 1.96 bits per heavy atom. The number of rotatable bonds is 6. The molecule has 2 amide bonds. The summed E-state index contributed by atoms with van der Waals surface area (Å²) in [7, 11) is 1.92. The van der Waals surface area contributed by atoms with Crippen molar-refractivity contribution in [1.29, 1.82) is 0 Å². The van der Waals surface area contributed by atoms with Gasteiger partial charge in [-0.1, -0.05) is 24.3 Å². The van der Waals surface area contributed by atoms with Crippen molar-refractivity contribution < 1.29 is 9.59 Å². The Morgan fingerprint density at radius 3 is 2.69 bits per heavy atom. The quantitative estimate of drug-likeness (QED) is 0.819. The fraction of sp³-hybridized carbons (Fsp3) is 0.400. The number of nitrogens with zero attached hydrogens (tertiary/aromatic N) is 1. The fourth-order valence-electron chi connectivity index (χ4n) is 3.46. The van der Waals surface area contributed by atoms with Crippen LogP contribution in [0.3, 0.4) is 0 Å². The van der Waals surface area contributed by atoms with E-state index in [1.54, 1.807) is 0 Å². The molecule has 2 aromatic rings. The molecule has 0 bridgehead atoms. The van der Waals surface area contributed by atoms with Crippen LogP contribution < -0.4 is 11.1 Å². The molecule has 0 unspecified atom stereocenters. The SMILES string of the molecule is Cc1ccccc1CN(C)CC(=O)Nc1sc2c(c1C(N)=O)CCCC2. The molecule has 0 aliphatic heterocycles. The molecule has 1 aliphatic rings. The van der Waals surface area contributed by atoms with Crippen molar-refractivity contribution in [3.8, 4) is 0 Å². The van der Waals surface area contributed by atoms with Crippen LogP contribution in [-0.2, 0) is 24.2 Å². The maximum Gasteiger partial charge on any atom is 0.251 e. The number of hydrogen-bond donors (Lipinski definition) is 2. The second-order valence-electron chi connectivity index (χ2n) is 6.93. The normalized spacial score (nSPS) is 13.5. The van der Waals surface area contributed by atoms with Gasteiger partial charge < -0.3 is 11.1 Å². The van der Waals surface area contributed by atoms with Crippen molar-refractivity contribution in [1.82, 2.24) is 4.90 Å². The summed E-state index contributed by atoms with van der Waals surface area (Å²) in [6, 6.07) is 8.15. The number of thiophene rings is 1. The van der Waals surface area contributed by atoms with Crippen LogP contribution >= 0.6 is 11.3 Å². The number of fused-ring (bicyclic) bond motifs is 1. The molecule has 1 aromatic carbocycles. The van der Waals surface area contributed by atoms with Crippen molar-refractivity contribution in [3.05, 3.63) is 51.4 Å². The highest BCUT2D eigenvalue weighted by Gasteiger charge is 2.25. The summed E-state index contributed by atoms with van der Waals surface area (Å²) < 4.78 is 0. The lowest BCUT2D eigenvalue weighted by molar-refractivity contribution is -0.117. The number of likely N-dealkylation sites (N-methyl/N-ethyl adjacent to an activating group) is 1. The number of hydrogen-bond acceptors (Lipinski definition) is 4. The van der Waals surface area contributed by atoms with Gasteiger partial charge in [-0.25, -0.2) is 0 Å². The Hall–Kier alpha value is -2.18. The summed E-state index contributed by atoms with van der Waals surface area (Å²) in [5.74, 6) is -0.574. The fourth-order valence-corrected chi connectivity index (χ4v) is 4.77. The molecule has 0 atom stereocenters. The van der Waals surface area contributed by atoms with E-state index in [1.807, 2.05) is 24.1 Å². The predicted octanol–water partition coefficient (Wildman–Crippen LogP) is 3.10. The van der Waals surface area contributed by atoms with Crippen LogP contribution in [0.5, 0.6) is 0 Å². The van der Waals surface area contributed by atoms with Crippen molar-refractivity contribution in [2.75, 3.05) is 18.9 Å². The molecular weight excluding hydrogens is 346 g/mol. The van der Waals surface area contributed by atoms with Gasteiger partial charge in [-0.15, -0.1) is 11.3 Å². The largest absolute Gasteiger partial charge is 0.365 e. The highest BCUT2D eigenvalue weighted by Crippen LogP contribution is 2.37. The van der Waals surface area contributed by atoms with Crippen LogP contribution in [0, 0.1) is 6.92 Å². The van der Waals surface area contributed by atoms with Crippen LogP contribution in [0.15, 0.2) is 24.3 Å². The lowest BCUT2D eigenvalue weighted by Crippen LogP contribution is -2.30. The average molecular weight is 372 g/mol. The number of primary amides is 1. The van der Waals surface area contributed by atoms with Crippen molar-refractivity contribution in [3.63, 3.8) is 0 Å². The molecule has 0 saturated carbocycles. The number of nitrogens with one attached hydrogen (secondary N) is 1. The van der Waals surface area contributed by atoms with E-state index in [9.17, 15) is 9.59 Å². The predicted molar refractivity (Wildman–Crippen MR) is 106 cm³/mol. The minimum Gasteiger partial charge on any atom is -0.365 e. The van der Waals surface area contributed by atoms with Gasteiger partial charge in [0.05, 0.1) is 12.1 Å². The minimum absolute atomic E-state index is 0.123. The van der Waals surface area contributed by atoms with E-state index in [4.69, 9.17) is 5.73 Å². The van der Waals surface area contributed by atoms with E-state index in [0.29, 0.717) is 17.1 Å². The van der Waals surface area contributed by atoms with Gasteiger partial charge in [-0.05, 0) is 56.3 Å². The van der Waals surface area contributed by atoms with E-state index in [-0.39, 0.29) is 12.5 Å². The van der Waals surface area contributed by atoms with Crippen LogP contribution in [0.4, 0.5) is 5.00 Å². The van der Waals surface area contributed by atoms with Crippen LogP contribution in [0.2, 0.25) is 0 Å². The molecule has 0 fully saturated rings. The minimum atomic E-state index is -0.451. The van der Waals surface area contributed by atoms with Gasteiger partial charge in [-0.3, -0.25) is 14.5 Å². The van der Waals surface area contributed by atoms with Gasteiger partial charge >= 0.3 is 0 Å². The zero-order valence-electron chi connectivity index (χ0n) is 15.3. The number of aryl methyl sites for hydroxylation is 2. The summed E-state index contributed by atoms with van der Waals surface area (Å²) >= 11 is 1.50. The molecule has 3 rings (SSSR count). The smallest absolute Gasteiger partial charge is 0.251 e. The first kappa shape index (κ1) is 18.6. The molecule has 3 N–H and O–H groups in total. The third-order valence-corrected chi connectivity index (χ3v) is 5.99. The van der Waals surface area contributed by atoms with Crippen molar-refractivity contribution >= 4 is 28.2 Å². The summed E-state index contributed by atoms with van der Waals surface area (Å²) in [5.41, 5.74) is 9.55. The zero-order chi connectivity index (χ0) is 18.7. The van der Waals surface area contributed by atoms with Crippen molar-refractivity contribution in [2.24, 2.45) is 5.73 Å². The van der Waals surface area contributed by atoms with Gasteiger partial charge in [0.1, 0.15) is 5.00 Å². The lowest BCUT2D eigenvalue weighted by atomic mass is 9.95. The summed E-state index contributed by atoms with van der Waals surface area (Å²) in [5, 5.41) is 3.53. The monoisotopic (exact) mass is 371 g/mol. The Bertz CT molecular complexity index is 828. The molecule has 0 saturated heterocycles. The molecular formula is C20H25N3O2S. The zero-order valence-corrected chi connectivity index (χ0v) is 16.1. The first-order valence-electron chi connectivity index (χ1n) is 8.93. The van der Waals surface area contributed by atoms with Gasteiger partial charge in [0, 0.05) is 11.4 Å². The third kappa shape index (κ3) is 4.14. The highest BCUT2D eigenvalue weighted by molar-refractivity contribution is 7.17. The molecule has 0 spiro atoms. The Labute approximate surface area is 158 Å². The van der Waals surface area contributed by atoms with Crippen LogP contribution in [-0.4, -0.2) is 30.3 Å². The summed E-state index contributed by atoms with van der Waals surface area (Å²) in [6.45, 7) is 3.03. The Kier molecular flexibility index (Phi) is 5.74. The van der Waals surface area contributed by atoms with Gasteiger partial charge in [0.15, 0.2) is 0 Å². The average Bonchev–Trinajstić information content (AvgIpc) is 2.94. The molecule has 6 heteroatoms. The topological polar surface area (TPSA) is 75.4 Å². The van der Waals surface area contributed by atoms with Crippen molar-refractivity contribution in [2.45, 2.75) is 39.2 Å². The summed E-state index contributed by atoms with van der Waals surface area (Å²) in [4.78, 5) is 27.5. The Morgan fingerprint density at radius 1 is 1.23 bits per heavy atom. The van der Waals surface area contributed by atoms with Gasteiger partial charge in [0.25, 0.3) is 5.91 Å². The van der Waals surface area contributed by atoms with Gasteiger partial charge in [0.2, 0.25) is 5.91 Å². The van der Waals surface area contributed by atoms with Crippen LogP contribution in [0.25, 0.3) is 0 Å². The molecule has 1 aliphatic carbocycles. The second kappa shape index (κ2) is 8.01. The first-order chi connectivity index (χ1) is 12.5. The van der Waals surface area contributed by atoms with Gasteiger partial charge in [-0.2, -0.15) is 0 Å². The number of carbonyl (C=O) groups excluding carboxylic acids is 2. The van der Waals surface area contributed by atoms with Crippen LogP contribution in [0.1, 0.15) is 44.8 Å². The molecule has 26 heavy (non-hydrogen) atoms. The molecule has 138 valence electrons. The maximum absolute atomic E-state index is 12.5. The van der Waals surface area contributed by atoms with E-state index < -0.39 is 5.91 Å². The first-order valence-corrected chi connectivity index (χ1v) is 9.74. The number of benzene rings is 1. The Balaban J connectivity index is 1.67. The summed E-state index contributed by atoms with van der Waals surface area (Å²) in [6.07, 6.45) is 4.02. The van der Waals surface area contributed by atoms with E-state index in [0.717, 1.165) is 31.2 Å². The molecule has 1 aromatic heterocycles. The molecule has 1 heterocycles. The van der Waals surface area contributed by atoms with E-state index >= 15 is 0 Å². The highest BCUT2D eigenvalue weighted by atomic mass is 32.1. The second-order valence-corrected chi connectivity index (χ2v) is 8.03. The number of amides is 2. The van der Waals surface area contributed by atoms with E-state index in [1.165, 1.54) is 27.3 Å². The molecule has 0 radical (unpaired) electrons. The number of anilines is 1. The molecule has 5 nitrogen and oxygen atoms in total. The maximum atomic E-state index is 12.5. The standard InChI is InChI=1S/C20H25N3O2S/c1-13-7-3-4-8-14(13)11-23(2)12-17(24)22-20-18(19(21)25)15-9-5-6-10-16(15)26-20/h3-4,7-8H,5-6,9-12H2,1-2H3,(H2,21,25)(H,22,24). The number of nitrogens with two attached hydrogens (primary N) is 1. The lowest BCUT2D eigenvalue weighted by Gasteiger charge is -2.17. The number of carbonyl (C=O) groups is 2.